The van der Waals surface area contributed by atoms with Gasteiger partial charge in [0, 0.05) is 30.3 Å². The van der Waals surface area contributed by atoms with Crippen LogP contribution in [0.3, 0.4) is 0 Å². The molecule has 8 heteroatoms. The molecule has 1 aliphatic heterocycles. The van der Waals surface area contributed by atoms with E-state index in [1.807, 2.05) is 19.1 Å². The minimum absolute atomic E-state index is 0.0257. The number of hydrogen-bond acceptors (Lipinski definition) is 5. The first-order chi connectivity index (χ1) is 17.3. The summed E-state index contributed by atoms with van der Waals surface area (Å²) in [5.74, 6) is -1.53. The van der Waals surface area contributed by atoms with Gasteiger partial charge in [0.2, 0.25) is 5.88 Å². The number of benzene rings is 1. The Kier molecular flexibility index (Phi) is 8.36. The van der Waals surface area contributed by atoms with Crippen molar-refractivity contribution in [3.05, 3.63) is 64.1 Å². The Hall–Kier alpha value is -2.84. The van der Waals surface area contributed by atoms with E-state index in [0.29, 0.717) is 56.1 Å². The van der Waals surface area contributed by atoms with Crippen LogP contribution in [0, 0.1) is 18.7 Å². The zero-order valence-corrected chi connectivity index (χ0v) is 21.2. The van der Waals surface area contributed by atoms with Crippen LogP contribution in [0.4, 0.5) is 8.78 Å². The molecule has 1 aromatic heterocycles. The van der Waals surface area contributed by atoms with Crippen LogP contribution in [-0.4, -0.2) is 59.9 Å². The van der Waals surface area contributed by atoms with E-state index in [-0.39, 0.29) is 12.7 Å². The van der Waals surface area contributed by atoms with Crippen molar-refractivity contribution in [3.8, 4) is 5.88 Å². The number of nitrogens with zero attached hydrogens (tertiary/aromatic N) is 2. The maximum Gasteiger partial charge on any atom is 0.307 e. The third-order valence-electron chi connectivity index (χ3n) is 7.30. The first-order valence-corrected chi connectivity index (χ1v) is 12.7. The average molecular weight is 500 g/mol. The third-order valence-corrected chi connectivity index (χ3v) is 7.30. The number of halogens is 2. The van der Waals surface area contributed by atoms with Gasteiger partial charge in [-0.15, -0.1) is 0 Å². The van der Waals surface area contributed by atoms with Crippen molar-refractivity contribution in [2.24, 2.45) is 5.92 Å². The molecule has 36 heavy (non-hydrogen) atoms. The fourth-order valence-electron chi connectivity index (χ4n) is 5.44. The summed E-state index contributed by atoms with van der Waals surface area (Å²) in [6.07, 6.45) is 3.14. The Morgan fingerprint density at radius 2 is 2.11 bits per heavy atom. The molecule has 0 radical (unpaired) electrons. The molecule has 1 aromatic carbocycles. The highest BCUT2D eigenvalue weighted by molar-refractivity contribution is 5.79. The molecule has 0 bridgehead atoms. The second-order valence-electron chi connectivity index (χ2n) is 9.82. The standard InChI is InChI=1S/C28H35F2N3O3/c1-17(28(34)35)16-33-18(2)13-22-21-8-5-4-7-20(21)14-23(22)26(33)25-19(3)27(32-15-24(25)30)36-12-11-31-10-6-9-29/h4-5,7-8,15,17-18,26,31H,6,9-14,16H2,1-3H3,(H,34,35)/t17-,18-,26+/m1/s1. The van der Waals surface area contributed by atoms with Crippen molar-refractivity contribution < 1.29 is 23.4 Å². The van der Waals surface area contributed by atoms with Crippen LogP contribution in [0.1, 0.15) is 55.0 Å². The summed E-state index contributed by atoms with van der Waals surface area (Å²) in [4.78, 5) is 18.1. The minimum atomic E-state index is -0.869. The van der Waals surface area contributed by atoms with Gasteiger partial charge >= 0.3 is 5.97 Å². The molecule has 3 atom stereocenters. The van der Waals surface area contributed by atoms with Crippen molar-refractivity contribution in [1.29, 1.82) is 0 Å². The lowest BCUT2D eigenvalue weighted by Crippen LogP contribution is -2.45. The fraction of sp³-hybridized carbons (Fsp3) is 0.500. The van der Waals surface area contributed by atoms with Crippen molar-refractivity contribution in [1.82, 2.24) is 15.2 Å². The van der Waals surface area contributed by atoms with Crippen LogP contribution in [0.2, 0.25) is 0 Å². The predicted octanol–water partition coefficient (Wildman–Crippen LogP) is 4.72. The number of aromatic nitrogens is 1. The molecule has 0 fully saturated rings. The third kappa shape index (κ3) is 5.30. The maximum absolute atomic E-state index is 15.6. The van der Waals surface area contributed by atoms with Crippen LogP contribution in [0.25, 0.3) is 5.57 Å². The smallest absolute Gasteiger partial charge is 0.307 e. The van der Waals surface area contributed by atoms with E-state index in [4.69, 9.17) is 4.74 Å². The number of rotatable bonds is 11. The fourth-order valence-corrected chi connectivity index (χ4v) is 5.44. The zero-order chi connectivity index (χ0) is 25.8. The van der Waals surface area contributed by atoms with E-state index in [2.05, 4.69) is 34.3 Å². The van der Waals surface area contributed by atoms with Crippen LogP contribution >= 0.6 is 0 Å². The van der Waals surface area contributed by atoms with Gasteiger partial charge in [-0.25, -0.2) is 9.37 Å². The second kappa shape index (κ2) is 11.5. The van der Waals surface area contributed by atoms with Gasteiger partial charge in [-0.1, -0.05) is 31.2 Å². The quantitative estimate of drug-likeness (QED) is 0.436. The van der Waals surface area contributed by atoms with Crippen molar-refractivity contribution in [2.75, 3.05) is 32.9 Å². The Labute approximate surface area is 211 Å². The van der Waals surface area contributed by atoms with Crippen LogP contribution < -0.4 is 10.1 Å². The molecule has 2 N–H and O–H groups in total. The summed E-state index contributed by atoms with van der Waals surface area (Å²) >= 11 is 0. The molecule has 0 amide bonds. The molecule has 6 nitrogen and oxygen atoms in total. The summed E-state index contributed by atoms with van der Waals surface area (Å²) in [7, 11) is 0. The molecule has 0 unspecified atom stereocenters. The van der Waals surface area contributed by atoms with E-state index in [1.165, 1.54) is 22.9 Å². The number of alkyl halides is 1. The Balaban J connectivity index is 1.71. The van der Waals surface area contributed by atoms with Gasteiger partial charge in [0.25, 0.3) is 0 Å². The molecule has 0 saturated heterocycles. The van der Waals surface area contributed by atoms with E-state index >= 15 is 4.39 Å². The lowest BCUT2D eigenvalue weighted by molar-refractivity contribution is -0.142. The van der Waals surface area contributed by atoms with Crippen molar-refractivity contribution in [2.45, 2.75) is 52.1 Å². The number of carboxylic acid groups (broad SMARTS) is 1. The first kappa shape index (κ1) is 26.2. The molecule has 2 aromatic rings. The Morgan fingerprint density at radius 3 is 2.86 bits per heavy atom. The van der Waals surface area contributed by atoms with E-state index in [9.17, 15) is 14.3 Å². The van der Waals surface area contributed by atoms with Gasteiger partial charge in [-0.05, 0) is 61.9 Å². The number of nitrogens with one attached hydrogen (secondary N) is 1. The Morgan fingerprint density at radius 1 is 1.33 bits per heavy atom. The molecule has 1 aliphatic carbocycles. The van der Waals surface area contributed by atoms with E-state index in [0.717, 1.165) is 12.0 Å². The number of ether oxygens (including phenoxy) is 1. The summed E-state index contributed by atoms with van der Waals surface area (Å²) in [5.41, 5.74) is 5.90. The highest BCUT2D eigenvalue weighted by atomic mass is 19.1. The minimum Gasteiger partial charge on any atom is -0.481 e. The number of hydrogen-bond donors (Lipinski definition) is 2. The SMILES string of the molecule is Cc1c(OCCNCCCF)ncc(F)c1[C@@H]1C2=C(C[C@@H](C)N1C[C@@H](C)C(=O)O)c1ccccc1C2. The lowest BCUT2D eigenvalue weighted by atomic mass is 9.83. The predicted molar refractivity (Wildman–Crippen MR) is 135 cm³/mol. The topological polar surface area (TPSA) is 74.7 Å². The van der Waals surface area contributed by atoms with Gasteiger partial charge < -0.3 is 15.2 Å². The highest BCUT2D eigenvalue weighted by Crippen LogP contribution is 2.50. The lowest BCUT2D eigenvalue weighted by Gasteiger charge is -2.43. The maximum atomic E-state index is 15.6. The van der Waals surface area contributed by atoms with Crippen molar-refractivity contribution >= 4 is 11.5 Å². The molecule has 2 heterocycles. The molecule has 2 aliphatic rings. The molecule has 0 spiro atoms. The number of pyridine rings is 1. The van der Waals surface area contributed by atoms with Gasteiger partial charge in [0.15, 0.2) is 0 Å². The van der Waals surface area contributed by atoms with Crippen LogP contribution in [0.15, 0.2) is 36.0 Å². The van der Waals surface area contributed by atoms with Gasteiger partial charge in [-0.3, -0.25) is 14.1 Å². The summed E-state index contributed by atoms with van der Waals surface area (Å²) in [5, 5.41) is 12.8. The number of carbonyl (C=O) groups is 1. The zero-order valence-electron chi connectivity index (χ0n) is 21.2. The largest absolute Gasteiger partial charge is 0.481 e. The van der Waals surface area contributed by atoms with Gasteiger partial charge in [0.1, 0.15) is 12.4 Å². The van der Waals surface area contributed by atoms with Crippen LogP contribution in [0.5, 0.6) is 5.88 Å². The summed E-state index contributed by atoms with van der Waals surface area (Å²) < 4.78 is 33.8. The first-order valence-electron chi connectivity index (χ1n) is 12.7. The second-order valence-corrected chi connectivity index (χ2v) is 9.82. The van der Waals surface area contributed by atoms with E-state index in [1.54, 1.807) is 6.92 Å². The van der Waals surface area contributed by atoms with Crippen molar-refractivity contribution in [3.63, 3.8) is 0 Å². The summed E-state index contributed by atoms with van der Waals surface area (Å²) in [6, 6.07) is 7.89. The average Bonchev–Trinajstić information content (AvgIpc) is 3.22. The monoisotopic (exact) mass is 499 g/mol. The molecular formula is C28H35F2N3O3. The normalized spacial score (nSPS) is 20.2. The molecule has 194 valence electrons. The Bertz CT molecular complexity index is 1140. The number of aliphatic carboxylic acids is 1. The number of fused-ring (bicyclic) bond motifs is 2. The molecule has 4 rings (SSSR count). The van der Waals surface area contributed by atoms with E-state index < -0.39 is 23.7 Å². The van der Waals surface area contributed by atoms with Crippen LogP contribution in [-0.2, 0) is 11.2 Å². The van der Waals surface area contributed by atoms with Gasteiger partial charge in [-0.2, -0.15) is 0 Å². The highest BCUT2D eigenvalue weighted by Gasteiger charge is 2.41. The summed E-state index contributed by atoms with van der Waals surface area (Å²) in [6.45, 7) is 6.96. The molecule has 0 saturated carbocycles. The molecular weight excluding hydrogens is 464 g/mol. The van der Waals surface area contributed by atoms with Gasteiger partial charge in [0.05, 0.1) is 24.8 Å². The number of carboxylic acids is 1.